The van der Waals surface area contributed by atoms with Crippen LogP contribution >= 0.6 is 0 Å². The molecule has 0 radical (unpaired) electrons. The zero-order chi connectivity index (χ0) is 35.8. The van der Waals surface area contributed by atoms with Crippen LogP contribution in [0.4, 0.5) is 0 Å². The lowest BCUT2D eigenvalue weighted by atomic mass is 9.85. The molecule has 2 heterocycles. The van der Waals surface area contributed by atoms with Gasteiger partial charge in [0.25, 0.3) is 0 Å². The fourth-order valence-corrected chi connectivity index (χ4v) is 8.17. The average molecular weight is 698 g/mol. The van der Waals surface area contributed by atoms with Crippen LogP contribution in [-0.4, -0.2) is 65.0 Å². The summed E-state index contributed by atoms with van der Waals surface area (Å²) in [5.74, 6) is -0.779. The van der Waals surface area contributed by atoms with Crippen molar-refractivity contribution in [2.45, 2.75) is 225 Å². The van der Waals surface area contributed by atoms with Crippen molar-refractivity contribution < 1.29 is 9.90 Å². The standard InChI is InChI=1S/C45H83N3O2/c1-3-5-7-9-11-13-15-17-19-21-23-25-27-29-31-36-45(37-32-30-28-26-24-22-20-18-16-14-12-10-8-6-4-2)42-46-43(44(49)50)48(45)41-35-40-47-38-33-34-39-47/h17-20,42-43H,3-16,21-41H2,1-2H3,(H,49,50)/b19-17-,20-18-. The molecule has 50 heavy (non-hydrogen) atoms. The molecule has 2 rings (SSSR count). The summed E-state index contributed by atoms with van der Waals surface area (Å²) in [6.45, 7) is 8.89. The number of aliphatic carboxylic acids is 1. The second kappa shape index (κ2) is 31.1. The van der Waals surface area contributed by atoms with Gasteiger partial charge in [-0.3, -0.25) is 9.89 Å². The van der Waals surface area contributed by atoms with Gasteiger partial charge in [-0.05, 0) is 103 Å². The number of hydrogen-bond donors (Lipinski definition) is 1. The minimum Gasteiger partial charge on any atom is -0.479 e. The fraction of sp³-hybridized carbons (Fsp3) is 0.867. The van der Waals surface area contributed by atoms with E-state index in [1.54, 1.807) is 0 Å². The van der Waals surface area contributed by atoms with E-state index in [4.69, 9.17) is 0 Å². The van der Waals surface area contributed by atoms with E-state index in [9.17, 15) is 9.90 Å². The second-order valence-corrected chi connectivity index (χ2v) is 15.9. The summed E-state index contributed by atoms with van der Waals surface area (Å²) in [7, 11) is 0. The van der Waals surface area contributed by atoms with Gasteiger partial charge in [0.2, 0.25) is 6.17 Å². The predicted molar refractivity (Wildman–Crippen MR) is 219 cm³/mol. The van der Waals surface area contributed by atoms with Gasteiger partial charge in [0.1, 0.15) is 0 Å². The minimum atomic E-state index is -0.779. The summed E-state index contributed by atoms with van der Waals surface area (Å²) in [5, 5.41) is 10.2. The van der Waals surface area contributed by atoms with Gasteiger partial charge in [0.05, 0.1) is 5.54 Å². The maximum atomic E-state index is 12.4. The van der Waals surface area contributed by atoms with Crippen LogP contribution in [0.3, 0.4) is 0 Å². The minimum absolute atomic E-state index is 0.188. The number of carboxylic acids is 1. The Morgan fingerprint density at radius 1 is 0.600 bits per heavy atom. The molecular formula is C45H83N3O2. The van der Waals surface area contributed by atoms with Crippen LogP contribution in [0, 0.1) is 0 Å². The lowest BCUT2D eigenvalue weighted by Gasteiger charge is -2.39. The number of hydrogen-bond acceptors (Lipinski definition) is 4. The van der Waals surface area contributed by atoms with E-state index in [-0.39, 0.29) is 5.54 Å². The maximum Gasteiger partial charge on any atom is 0.343 e. The highest BCUT2D eigenvalue weighted by Crippen LogP contribution is 2.35. The lowest BCUT2D eigenvalue weighted by molar-refractivity contribution is -0.144. The first-order chi connectivity index (χ1) is 24.6. The zero-order valence-electron chi connectivity index (χ0n) is 33.4. The Kier molecular flexibility index (Phi) is 27.8. The summed E-state index contributed by atoms with van der Waals surface area (Å²) in [6, 6.07) is 0. The Balaban J connectivity index is 1.72. The van der Waals surface area contributed by atoms with Crippen LogP contribution < -0.4 is 0 Å². The normalized spacial score (nSPS) is 18.1. The molecule has 5 nitrogen and oxygen atoms in total. The number of nitrogens with zero attached hydrogens (tertiary/aromatic N) is 3. The van der Waals surface area contributed by atoms with E-state index in [0.29, 0.717) is 0 Å². The largest absolute Gasteiger partial charge is 0.479 e. The number of likely N-dealkylation sites (tertiary alicyclic amines) is 1. The van der Waals surface area contributed by atoms with Crippen molar-refractivity contribution in [3.05, 3.63) is 24.3 Å². The Hall–Kier alpha value is -1.46. The Morgan fingerprint density at radius 3 is 1.42 bits per heavy atom. The van der Waals surface area contributed by atoms with E-state index in [2.05, 4.69) is 59.2 Å². The van der Waals surface area contributed by atoms with Gasteiger partial charge in [-0.15, -0.1) is 0 Å². The predicted octanol–water partition coefficient (Wildman–Crippen LogP) is 13.1. The Labute approximate surface area is 311 Å². The molecule has 0 bridgehead atoms. The first kappa shape index (κ1) is 44.7. The van der Waals surface area contributed by atoms with Crippen LogP contribution in [0.1, 0.15) is 213 Å². The number of carbonyl (C=O) groups is 1. The molecule has 5 heteroatoms. The molecule has 0 saturated carbocycles. The summed E-state index contributed by atoms with van der Waals surface area (Å²) in [4.78, 5) is 21.9. The molecule has 0 aromatic rings. The second-order valence-electron chi connectivity index (χ2n) is 15.9. The van der Waals surface area contributed by atoms with Crippen LogP contribution in [-0.2, 0) is 4.79 Å². The third-order valence-electron chi connectivity index (χ3n) is 11.4. The lowest BCUT2D eigenvalue weighted by Crippen LogP contribution is -2.52. The number of carboxylic acid groups (broad SMARTS) is 1. The SMILES string of the molecule is CCCCCCCC/C=C\CCCCCCCC1(CCCCCCC/C=C\CCCCCCCC)C=NC(C(=O)O)N1CCCN1CCCC1. The van der Waals surface area contributed by atoms with E-state index >= 15 is 0 Å². The molecule has 0 spiro atoms. The summed E-state index contributed by atoms with van der Waals surface area (Å²) < 4.78 is 0. The molecule has 0 aliphatic carbocycles. The molecule has 2 aliphatic heterocycles. The van der Waals surface area contributed by atoms with Gasteiger partial charge in [0.15, 0.2) is 0 Å². The average Bonchev–Trinajstić information content (AvgIpc) is 3.77. The maximum absolute atomic E-state index is 12.4. The van der Waals surface area contributed by atoms with E-state index in [0.717, 1.165) is 32.4 Å². The summed E-state index contributed by atoms with van der Waals surface area (Å²) in [6.07, 6.45) is 50.8. The highest BCUT2D eigenvalue weighted by Gasteiger charge is 2.45. The molecule has 1 fully saturated rings. The first-order valence-corrected chi connectivity index (χ1v) is 22.2. The van der Waals surface area contributed by atoms with Crippen LogP contribution in [0.5, 0.6) is 0 Å². The summed E-state index contributed by atoms with van der Waals surface area (Å²) >= 11 is 0. The van der Waals surface area contributed by atoms with Gasteiger partial charge in [-0.25, -0.2) is 4.79 Å². The van der Waals surface area contributed by atoms with E-state index < -0.39 is 12.1 Å². The summed E-state index contributed by atoms with van der Waals surface area (Å²) in [5.41, 5.74) is -0.188. The number of aliphatic imine (C=N–C) groups is 1. The van der Waals surface area contributed by atoms with Gasteiger partial charge in [-0.1, -0.05) is 154 Å². The monoisotopic (exact) mass is 698 g/mol. The van der Waals surface area contributed by atoms with Crippen molar-refractivity contribution >= 4 is 12.2 Å². The van der Waals surface area contributed by atoms with Crippen LogP contribution in [0.25, 0.3) is 0 Å². The third-order valence-corrected chi connectivity index (χ3v) is 11.4. The molecular weight excluding hydrogens is 615 g/mol. The van der Waals surface area contributed by atoms with Crippen molar-refractivity contribution in [3.8, 4) is 0 Å². The van der Waals surface area contributed by atoms with Crippen LogP contribution in [0.15, 0.2) is 29.3 Å². The third kappa shape index (κ3) is 21.2. The molecule has 290 valence electrons. The molecule has 0 aromatic carbocycles. The fourth-order valence-electron chi connectivity index (χ4n) is 8.17. The molecule has 1 unspecified atom stereocenters. The molecule has 1 saturated heterocycles. The van der Waals surface area contributed by atoms with Gasteiger partial charge >= 0.3 is 5.97 Å². The number of rotatable bonds is 35. The van der Waals surface area contributed by atoms with E-state index in [1.165, 1.54) is 193 Å². The van der Waals surface area contributed by atoms with Crippen molar-refractivity contribution in [3.63, 3.8) is 0 Å². The van der Waals surface area contributed by atoms with Crippen molar-refractivity contribution in [2.75, 3.05) is 26.2 Å². The first-order valence-electron chi connectivity index (χ1n) is 22.2. The highest BCUT2D eigenvalue weighted by atomic mass is 16.4. The molecule has 1 N–H and O–H groups in total. The Morgan fingerprint density at radius 2 is 1.00 bits per heavy atom. The van der Waals surface area contributed by atoms with Crippen LogP contribution in [0.2, 0.25) is 0 Å². The van der Waals surface area contributed by atoms with E-state index in [1.807, 2.05) is 0 Å². The van der Waals surface area contributed by atoms with Crippen molar-refractivity contribution in [1.82, 2.24) is 9.80 Å². The quantitative estimate of drug-likeness (QED) is 0.0529. The van der Waals surface area contributed by atoms with Gasteiger partial charge in [0, 0.05) is 12.8 Å². The molecule has 0 amide bonds. The highest BCUT2D eigenvalue weighted by molar-refractivity contribution is 5.82. The molecule has 2 aliphatic rings. The molecule has 1 atom stereocenters. The van der Waals surface area contributed by atoms with Gasteiger partial charge in [-0.2, -0.15) is 0 Å². The number of unbranched alkanes of at least 4 members (excludes halogenated alkanes) is 22. The molecule has 0 aromatic heterocycles. The number of allylic oxidation sites excluding steroid dienone is 4. The Bertz CT molecular complexity index is 838. The van der Waals surface area contributed by atoms with Crippen molar-refractivity contribution in [2.24, 2.45) is 4.99 Å². The zero-order valence-corrected chi connectivity index (χ0v) is 33.4. The topological polar surface area (TPSA) is 56.1 Å². The van der Waals surface area contributed by atoms with Gasteiger partial charge < -0.3 is 10.0 Å². The smallest absolute Gasteiger partial charge is 0.343 e. The van der Waals surface area contributed by atoms with Crippen molar-refractivity contribution in [1.29, 1.82) is 0 Å².